The maximum absolute atomic E-state index is 9.09. The lowest BCUT2D eigenvalue weighted by molar-refractivity contribution is 0.203. The summed E-state index contributed by atoms with van der Waals surface area (Å²) in [6.07, 6.45) is 2.94. The van der Waals surface area contributed by atoms with Crippen molar-refractivity contribution in [3.8, 4) is 0 Å². The molecule has 0 aromatic carbocycles. The number of hydrogen-bond donors (Lipinski definition) is 1. The highest BCUT2D eigenvalue weighted by molar-refractivity contribution is 5.08. The van der Waals surface area contributed by atoms with Crippen LogP contribution in [0.4, 0.5) is 0 Å². The van der Waals surface area contributed by atoms with Crippen LogP contribution in [-0.2, 0) is 0 Å². The normalized spacial score (nSPS) is 24.3. The van der Waals surface area contributed by atoms with E-state index in [0.29, 0.717) is 18.6 Å². The van der Waals surface area contributed by atoms with E-state index in [1.54, 1.807) is 0 Å². The van der Waals surface area contributed by atoms with E-state index in [-0.39, 0.29) is 0 Å². The summed E-state index contributed by atoms with van der Waals surface area (Å²) in [6, 6.07) is 6.40. The lowest BCUT2D eigenvalue weighted by Gasteiger charge is -2.23. The predicted octanol–water partition coefficient (Wildman–Crippen LogP) is 1.46. The van der Waals surface area contributed by atoms with Gasteiger partial charge in [-0.3, -0.25) is 9.88 Å². The maximum atomic E-state index is 9.09. The topological polar surface area (TPSA) is 36.4 Å². The summed E-state index contributed by atoms with van der Waals surface area (Å²) in [5.74, 6) is 0.455. The standard InChI is InChI=1S/C12H18N2O/c1-10(12-4-2-3-6-13-12)14-7-5-11(8-14)9-15/h2-4,6,10-11,15H,5,7-9H2,1H3/t10-,11+/m1/s1. The van der Waals surface area contributed by atoms with Crippen molar-refractivity contribution < 1.29 is 5.11 Å². The summed E-state index contributed by atoms with van der Waals surface area (Å²) in [5, 5.41) is 9.09. The van der Waals surface area contributed by atoms with Gasteiger partial charge >= 0.3 is 0 Å². The zero-order valence-corrected chi connectivity index (χ0v) is 9.13. The van der Waals surface area contributed by atoms with Crippen molar-refractivity contribution in [1.29, 1.82) is 0 Å². The van der Waals surface area contributed by atoms with Crippen LogP contribution in [0.25, 0.3) is 0 Å². The van der Waals surface area contributed by atoms with Crippen LogP contribution in [-0.4, -0.2) is 34.7 Å². The quantitative estimate of drug-likeness (QED) is 0.813. The molecule has 0 radical (unpaired) electrons. The minimum atomic E-state index is 0.311. The third-order valence-electron chi connectivity index (χ3n) is 3.24. The van der Waals surface area contributed by atoms with E-state index >= 15 is 0 Å². The van der Waals surface area contributed by atoms with Crippen LogP contribution in [0.15, 0.2) is 24.4 Å². The SMILES string of the molecule is C[C@H](c1ccccn1)N1CC[C@H](CO)C1. The third-order valence-corrected chi connectivity index (χ3v) is 3.24. The highest BCUT2D eigenvalue weighted by atomic mass is 16.3. The molecule has 15 heavy (non-hydrogen) atoms. The molecular weight excluding hydrogens is 188 g/mol. The molecule has 0 unspecified atom stereocenters. The fraction of sp³-hybridized carbons (Fsp3) is 0.583. The Morgan fingerprint density at radius 3 is 3.07 bits per heavy atom. The van der Waals surface area contributed by atoms with Gasteiger partial charge in [-0.2, -0.15) is 0 Å². The van der Waals surface area contributed by atoms with Crippen molar-refractivity contribution in [2.75, 3.05) is 19.7 Å². The predicted molar refractivity (Wildman–Crippen MR) is 59.4 cm³/mol. The number of hydrogen-bond acceptors (Lipinski definition) is 3. The number of pyridine rings is 1. The van der Waals surface area contributed by atoms with E-state index < -0.39 is 0 Å². The molecular formula is C12H18N2O. The van der Waals surface area contributed by atoms with Crippen LogP contribution in [0.3, 0.4) is 0 Å². The monoisotopic (exact) mass is 206 g/mol. The molecule has 2 atom stereocenters. The molecule has 1 saturated heterocycles. The second-order valence-corrected chi connectivity index (χ2v) is 4.26. The van der Waals surface area contributed by atoms with Gasteiger partial charge in [0, 0.05) is 25.4 Å². The fourth-order valence-electron chi connectivity index (χ4n) is 2.17. The van der Waals surface area contributed by atoms with Crippen LogP contribution in [0.2, 0.25) is 0 Å². The first-order valence-corrected chi connectivity index (χ1v) is 5.57. The number of likely N-dealkylation sites (tertiary alicyclic amines) is 1. The molecule has 3 nitrogen and oxygen atoms in total. The van der Waals surface area contributed by atoms with E-state index in [2.05, 4.69) is 22.9 Å². The van der Waals surface area contributed by atoms with E-state index in [9.17, 15) is 0 Å². The Hall–Kier alpha value is -0.930. The molecule has 1 aliphatic heterocycles. The molecule has 82 valence electrons. The molecule has 0 spiro atoms. The zero-order chi connectivity index (χ0) is 10.7. The minimum absolute atomic E-state index is 0.311. The minimum Gasteiger partial charge on any atom is -0.396 e. The zero-order valence-electron chi connectivity index (χ0n) is 9.13. The van der Waals surface area contributed by atoms with Gasteiger partial charge in [-0.05, 0) is 37.9 Å². The highest BCUT2D eigenvalue weighted by Crippen LogP contribution is 2.25. The van der Waals surface area contributed by atoms with Gasteiger partial charge in [-0.1, -0.05) is 6.07 Å². The van der Waals surface area contributed by atoms with E-state index in [1.165, 1.54) is 0 Å². The van der Waals surface area contributed by atoms with Crippen molar-refractivity contribution >= 4 is 0 Å². The molecule has 0 bridgehead atoms. The summed E-state index contributed by atoms with van der Waals surface area (Å²) >= 11 is 0. The van der Waals surface area contributed by atoms with Gasteiger partial charge in [0.1, 0.15) is 0 Å². The van der Waals surface area contributed by atoms with Crippen molar-refractivity contribution in [2.24, 2.45) is 5.92 Å². The Kier molecular flexibility index (Phi) is 3.34. The first kappa shape index (κ1) is 10.6. The molecule has 1 aromatic rings. The van der Waals surface area contributed by atoms with Crippen molar-refractivity contribution in [2.45, 2.75) is 19.4 Å². The summed E-state index contributed by atoms with van der Waals surface area (Å²) in [7, 11) is 0. The summed E-state index contributed by atoms with van der Waals surface area (Å²) in [5.41, 5.74) is 1.12. The van der Waals surface area contributed by atoms with Gasteiger partial charge in [0.15, 0.2) is 0 Å². The molecule has 2 rings (SSSR count). The third kappa shape index (κ3) is 2.36. The van der Waals surface area contributed by atoms with Gasteiger partial charge < -0.3 is 5.11 Å². The fourth-order valence-corrected chi connectivity index (χ4v) is 2.17. The molecule has 1 aliphatic rings. The molecule has 1 N–H and O–H groups in total. The summed E-state index contributed by atoms with van der Waals surface area (Å²) < 4.78 is 0. The Morgan fingerprint density at radius 1 is 1.60 bits per heavy atom. The van der Waals surface area contributed by atoms with Gasteiger partial charge in [0.2, 0.25) is 0 Å². The Labute approximate surface area is 90.8 Å². The van der Waals surface area contributed by atoms with Crippen LogP contribution >= 0.6 is 0 Å². The lowest BCUT2D eigenvalue weighted by atomic mass is 10.1. The maximum Gasteiger partial charge on any atom is 0.0572 e. The first-order chi connectivity index (χ1) is 7.31. The highest BCUT2D eigenvalue weighted by Gasteiger charge is 2.26. The van der Waals surface area contributed by atoms with Crippen molar-refractivity contribution in [1.82, 2.24) is 9.88 Å². The van der Waals surface area contributed by atoms with Crippen LogP contribution in [0, 0.1) is 5.92 Å². The average molecular weight is 206 g/mol. The molecule has 1 fully saturated rings. The van der Waals surface area contributed by atoms with Crippen LogP contribution < -0.4 is 0 Å². The largest absolute Gasteiger partial charge is 0.396 e. The first-order valence-electron chi connectivity index (χ1n) is 5.57. The summed E-state index contributed by atoms with van der Waals surface area (Å²) in [4.78, 5) is 6.76. The molecule has 0 amide bonds. The smallest absolute Gasteiger partial charge is 0.0572 e. The van der Waals surface area contributed by atoms with Crippen molar-refractivity contribution in [3.63, 3.8) is 0 Å². The van der Waals surface area contributed by atoms with Gasteiger partial charge in [0.05, 0.1) is 5.69 Å². The number of rotatable bonds is 3. The Balaban J connectivity index is 2.00. The van der Waals surface area contributed by atoms with Gasteiger partial charge in [-0.15, -0.1) is 0 Å². The Morgan fingerprint density at radius 2 is 2.47 bits per heavy atom. The Bertz CT molecular complexity index is 302. The number of aliphatic hydroxyl groups is 1. The lowest BCUT2D eigenvalue weighted by Crippen LogP contribution is -2.25. The molecule has 1 aromatic heterocycles. The second-order valence-electron chi connectivity index (χ2n) is 4.26. The average Bonchev–Trinajstić information content (AvgIpc) is 2.78. The number of nitrogens with zero attached hydrogens (tertiary/aromatic N) is 2. The van der Waals surface area contributed by atoms with E-state index in [1.807, 2.05) is 18.3 Å². The number of aromatic nitrogens is 1. The van der Waals surface area contributed by atoms with E-state index in [0.717, 1.165) is 25.2 Å². The van der Waals surface area contributed by atoms with E-state index in [4.69, 9.17) is 5.11 Å². The molecule has 3 heteroatoms. The van der Waals surface area contributed by atoms with Gasteiger partial charge in [-0.25, -0.2) is 0 Å². The van der Waals surface area contributed by atoms with Crippen molar-refractivity contribution in [3.05, 3.63) is 30.1 Å². The molecule has 0 saturated carbocycles. The summed E-state index contributed by atoms with van der Waals surface area (Å²) in [6.45, 7) is 4.56. The van der Waals surface area contributed by atoms with Gasteiger partial charge in [0.25, 0.3) is 0 Å². The molecule has 0 aliphatic carbocycles. The number of aliphatic hydroxyl groups excluding tert-OH is 1. The second kappa shape index (κ2) is 4.73. The van der Waals surface area contributed by atoms with Crippen LogP contribution in [0.5, 0.6) is 0 Å². The van der Waals surface area contributed by atoms with Crippen LogP contribution in [0.1, 0.15) is 25.1 Å². The molecule has 2 heterocycles.